The van der Waals surface area contributed by atoms with Crippen LogP contribution >= 0.6 is 0 Å². The molecule has 0 spiro atoms. The molecule has 0 heterocycles. The zero-order valence-corrected chi connectivity index (χ0v) is 9.90. The Morgan fingerprint density at radius 3 is 2.53 bits per heavy atom. The van der Waals surface area contributed by atoms with E-state index in [0.29, 0.717) is 24.3 Å². The van der Waals surface area contributed by atoms with E-state index >= 15 is 0 Å². The van der Waals surface area contributed by atoms with Gasteiger partial charge in [-0.05, 0) is 30.5 Å². The van der Waals surface area contributed by atoms with Gasteiger partial charge in [0.15, 0.2) is 0 Å². The van der Waals surface area contributed by atoms with Crippen LogP contribution in [0.5, 0.6) is 5.75 Å². The lowest BCUT2D eigenvalue weighted by Gasteiger charge is -2.25. The highest BCUT2D eigenvalue weighted by atomic mass is 16.5. The monoisotopic (exact) mass is 235 g/mol. The number of aliphatic carboxylic acids is 1. The molecule has 0 aromatic heterocycles. The SMILES string of the molecule is COc1ccc(C2(C(=O)O)CCCC2)cc1N. The van der Waals surface area contributed by atoms with Gasteiger partial charge < -0.3 is 15.6 Å². The van der Waals surface area contributed by atoms with Crippen molar-refractivity contribution in [2.75, 3.05) is 12.8 Å². The van der Waals surface area contributed by atoms with Crippen LogP contribution in [0.2, 0.25) is 0 Å². The predicted octanol–water partition coefficient (Wildman–Crippen LogP) is 2.17. The van der Waals surface area contributed by atoms with E-state index in [4.69, 9.17) is 10.5 Å². The summed E-state index contributed by atoms with van der Waals surface area (Å²) >= 11 is 0. The lowest BCUT2D eigenvalue weighted by molar-refractivity contribution is -0.143. The average molecular weight is 235 g/mol. The molecule has 1 saturated carbocycles. The van der Waals surface area contributed by atoms with Crippen molar-refractivity contribution in [3.8, 4) is 5.75 Å². The number of nitrogens with two attached hydrogens (primary N) is 1. The van der Waals surface area contributed by atoms with E-state index in [1.54, 1.807) is 19.2 Å². The van der Waals surface area contributed by atoms with Crippen LogP contribution in [0, 0.1) is 0 Å². The van der Waals surface area contributed by atoms with Crippen molar-refractivity contribution in [3.63, 3.8) is 0 Å². The van der Waals surface area contributed by atoms with E-state index in [1.165, 1.54) is 0 Å². The number of carboxylic acid groups (broad SMARTS) is 1. The second-order valence-electron chi connectivity index (χ2n) is 4.55. The molecular formula is C13H17NO3. The highest BCUT2D eigenvalue weighted by Gasteiger charge is 2.43. The third kappa shape index (κ3) is 1.84. The highest BCUT2D eigenvalue weighted by Crippen LogP contribution is 2.42. The number of carbonyl (C=O) groups is 1. The standard InChI is InChI=1S/C13H17NO3/c1-17-11-5-4-9(8-10(11)14)13(12(15)16)6-2-3-7-13/h4-5,8H,2-3,6-7,14H2,1H3,(H,15,16). The Bertz CT molecular complexity index is 436. The fourth-order valence-electron chi connectivity index (χ4n) is 2.64. The van der Waals surface area contributed by atoms with E-state index in [2.05, 4.69) is 0 Å². The summed E-state index contributed by atoms with van der Waals surface area (Å²) in [5, 5.41) is 9.46. The van der Waals surface area contributed by atoms with E-state index in [0.717, 1.165) is 18.4 Å². The zero-order valence-electron chi connectivity index (χ0n) is 9.90. The third-order valence-corrected chi connectivity index (χ3v) is 3.65. The van der Waals surface area contributed by atoms with E-state index in [-0.39, 0.29) is 0 Å². The van der Waals surface area contributed by atoms with Crippen LogP contribution in [0.15, 0.2) is 18.2 Å². The van der Waals surface area contributed by atoms with Gasteiger partial charge in [-0.25, -0.2) is 0 Å². The number of hydrogen-bond acceptors (Lipinski definition) is 3. The highest BCUT2D eigenvalue weighted by molar-refractivity contribution is 5.82. The lowest BCUT2D eigenvalue weighted by Crippen LogP contribution is -2.32. The van der Waals surface area contributed by atoms with Crippen molar-refractivity contribution in [1.82, 2.24) is 0 Å². The summed E-state index contributed by atoms with van der Waals surface area (Å²) in [6.45, 7) is 0. The molecule has 0 atom stereocenters. The van der Waals surface area contributed by atoms with Crippen molar-refractivity contribution in [2.45, 2.75) is 31.1 Å². The van der Waals surface area contributed by atoms with Gasteiger partial charge in [-0.2, -0.15) is 0 Å². The molecule has 92 valence electrons. The Kier molecular flexibility index (Phi) is 2.96. The second-order valence-corrected chi connectivity index (χ2v) is 4.55. The topological polar surface area (TPSA) is 72.5 Å². The molecule has 0 saturated heterocycles. The third-order valence-electron chi connectivity index (χ3n) is 3.65. The summed E-state index contributed by atoms with van der Waals surface area (Å²) in [5.41, 5.74) is 6.38. The van der Waals surface area contributed by atoms with Gasteiger partial charge in [0.05, 0.1) is 18.2 Å². The summed E-state index contributed by atoms with van der Waals surface area (Å²) in [6, 6.07) is 5.29. The van der Waals surface area contributed by atoms with Crippen LogP contribution in [0.4, 0.5) is 5.69 Å². The van der Waals surface area contributed by atoms with Gasteiger partial charge in [-0.15, -0.1) is 0 Å². The largest absolute Gasteiger partial charge is 0.495 e. The van der Waals surface area contributed by atoms with Gasteiger partial charge in [0.25, 0.3) is 0 Å². The van der Waals surface area contributed by atoms with Crippen molar-refractivity contribution in [3.05, 3.63) is 23.8 Å². The fraction of sp³-hybridized carbons (Fsp3) is 0.462. The molecule has 3 N–H and O–H groups in total. The minimum Gasteiger partial charge on any atom is -0.495 e. The first-order chi connectivity index (χ1) is 8.10. The molecule has 17 heavy (non-hydrogen) atoms. The first-order valence-corrected chi connectivity index (χ1v) is 5.77. The van der Waals surface area contributed by atoms with Crippen LogP contribution < -0.4 is 10.5 Å². The molecule has 1 aliphatic carbocycles. The van der Waals surface area contributed by atoms with Gasteiger partial charge in [0, 0.05) is 0 Å². The molecule has 0 unspecified atom stereocenters. The molecule has 1 aliphatic rings. The van der Waals surface area contributed by atoms with Gasteiger partial charge in [0.2, 0.25) is 0 Å². The number of anilines is 1. The van der Waals surface area contributed by atoms with Crippen LogP contribution in [0.25, 0.3) is 0 Å². The molecule has 1 aromatic carbocycles. The number of methoxy groups -OCH3 is 1. The van der Waals surface area contributed by atoms with Gasteiger partial charge in [0.1, 0.15) is 5.75 Å². The Balaban J connectivity index is 2.44. The summed E-state index contributed by atoms with van der Waals surface area (Å²) in [6.07, 6.45) is 3.29. The minimum atomic E-state index is -0.750. The maximum Gasteiger partial charge on any atom is 0.314 e. The number of benzene rings is 1. The number of nitrogen functional groups attached to an aromatic ring is 1. The predicted molar refractivity (Wildman–Crippen MR) is 65.2 cm³/mol. The molecule has 0 amide bonds. The first kappa shape index (κ1) is 11.8. The van der Waals surface area contributed by atoms with Gasteiger partial charge in [-0.1, -0.05) is 18.9 Å². The van der Waals surface area contributed by atoms with E-state index < -0.39 is 11.4 Å². The van der Waals surface area contributed by atoms with Crippen molar-refractivity contribution in [1.29, 1.82) is 0 Å². The zero-order chi connectivity index (χ0) is 12.5. The molecule has 0 bridgehead atoms. The van der Waals surface area contributed by atoms with Crippen molar-refractivity contribution >= 4 is 11.7 Å². The number of rotatable bonds is 3. The summed E-state index contributed by atoms with van der Waals surface area (Å²) in [5.74, 6) is -0.160. The Hall–Kier alpha value is -1.71. The molecule has 2 rings (SSSR count). The maximum absolute atomic E-state index is 11.5. The Morgan fingerprint density at radius 1 is 1.41 bits per heavy atom. The molecule has 4 nitrogen and oxygen atoms in total. The molecular weight excluding hydrogens is 218 g/mol. The van der Waals surface area contributed by atoms with Crippen LogP contribution in [-0.2, 0) is 10.2 Å². The fourth-order valence-corrected chi connectivity index (χ4v) is 2.64. The van der Waals surface area contributed by atoms with E-state index in [9.17, 15) is 9.90 Å². The molecule has 0 aliphatic heterocycles. The maximum atomic E-state index is 11.5. The van der Waals surface area contributed by atoms with Gasteiger partial charge >= 0.3 is 5.97 Å². The average Bonchev–Trinajstić information content (AvgIpc) is 2.79. The quantitative estimate of drug-likeness (QED) is 0.787. The van der Waals surface area contributed by atoms with Crippen LogP contribution in [0.3, 0.4) is 0 Å². The second kappa shape index (κ2) is 4.28. The molecule has 1 fully saturated rings. The summed E-state index contributed by atoms with van der Waals surface area (Å²) in [4.78, 5) is 11.5. The molecule has 1 aromatic rings. The number of carboxylic acids is 1. The number of ether oxygens (including phenoxy) is 1. The van der Waals surface area contributed by atoms with Crippen LogP contribution in [0.1, 0.15) is 31.2 Å². The van der Waals surface area contributed by atoms with Crippen LogP contribution in [-0.4, -0.2) is 18.2 Å². The lowest BCUT2D eigenvalue weighted by atomic mass is 9.79. The van der Waals surface area contributed by atoms with Crippen molar-refractivity contribution < 1.29 is 14.6 Å². The van der Waals surface area contributed by atoms with Gasteiger partial charge in [-0.3, -0.25) is 4.79 Å². The summed E-state index contributed by atoms with van der Waals surface area (Å²) < 4.78 is 5.08. The Morgan fingerprint density at radius 2 is 2.06 bits per heavy atom. The summed E-state index contributed by atoms with van der Waals surface area (Å²) in [7, 11) is 1.55. The smallest absolute Gasteiger partial charge is 0.314 e. The molecule has 0 radical (unpaired) electrons. The normalized spacial score (nSPS) is 17.9. The minimum absolute atomic E-state index is 0.498. The van der Waals surface area contributed by atoms with E-state index in [1.807, 2.05) is 6.07 Å². The Labute approximate surface area is 100 Å². The van der Waals surface area contributed by atoms with Crippen molar-refractivity contribution in [2.24, 2.45) is 0 Å². The number of hydrogen-bond donors (Lipinski definition) is 2. The molecule has 4 heteroatoms. The first-order valence-electron chi connectivity index (χ1n) is 5.77.